The number of aliphatic hydroxyl groups excluding tert-OH is 1. The van der Waals surface area contributed by atoms with E-state index in [1.807, 2.05) is 0 Å². The third-order valence-corrected chi connectivity index (χ3v) is 3.07. The predicted molar refractivity (Wildman–Crippen MR) is 54.6 cm³/mol. The van der Waals surface area contributed by atoms with Crippen molar-refractivity contribution >= 4 is 11.8 Å². The van der Waals surface area contributed by atoms with E-state index in [4.69, 9.17) is 0 Å². The van der Waals surface area contributed by atoms with Gasteiger partial charge in [-0.2, -0.15) is 11.8 Å². The lowest BCUT2D eigenvalue weighted by molar-refractivity contribution is 0.110. The lowest BCUT2D eigenvalue weighted by atomic mass is 9.98. The lowest BCUT2D eigenvalue weighted by Crippen LogP contribution is -2.43. The van der Waals surface area contributed by atoms with Crippen molar-refractivity contribution in [1.29, 1.82) is 0 Å². The Balaban J connectivity index is 2.15. The van der Waals surface area contributed by atoms with Crippen LogP contribution in [0.5, 0.6) is 0 Å². The molecule has 0 aromatic heterocycles. The number of piperidine rings is 1. The molecule has 2 N–H and O–H groups in total. The van der Waals surface area contributed by atoms with Crippen LogP contribution >= 0.6 is 11.8 Å². The van der Waals surface area contributed by atoms with Crippen molar-refractivity contribution < 1.29 is 5.11 Å². The maximum absolute atomic E-state index is 9.73. The van der Waals surface area contributed by atoms with E-state index < -0.39 is 0 Å². The van der Waals surface area contributed by atoms with Crippen molar-refractivity contribution in [2.75, 3.05) is 18.6 Å². The lowest BCUT2D eigenvalue weighted by Gasteiger charge is -2.27. The van der Waals surface area contributed by atoms with Gasteiger partial charge in [0.15, 0.2) is 0 Å². The van der Waals surface area contributed by atoms with Crippen LogP contribution in [-0.2, 0) is 0 Å². The van der Waals surface area contributed by atoms with Crippen LogP contribution in [-0.4, -0.2) is 35.8 Å². The summed E-state index contributed by atoms with van der Waals surface area (Å²) in [6.07, 6.45) is 6.58. The minimum Gasteiger partial charge on any atom is -0.391 e. The minimum atomic E-state index is -0.127. The molecule has 1 rings (SSSR count). The van der Waals surface area contributed by atoms with Crippen LogP contribution in [0, 0.1) is 0 Å². The molecule has 0 spiro atoms. The van der Waals surface area contributed by atoms with Crippen LogP contribution in [0.4, 0.5) is 0 Å². The van der Waals surface area contributed by atoms with E-state index in [0.717, 1.165) is 25.1 Å². The van der Waals surface area contributed by atoms with E-state index in [-0.39, 0.29) is 6.10 Å². The highest BCUT2D eigenvalue weighted by atomic mass is 32.2. The molecule has 72 valence electrons. The van der Waals surface area contributed by atoms with Crippen molar-refractivity contribution in [2.45, 2.75) is 37.8 Å². The molecular weight excluding hydrogens is 170 g/mol. The summed E-state index contributed by atoms with van der Waals surface area (Å²) < 4.78 is 0. The Kier molecular flexibility index (Phi) is 5.04. The number of nitrogens with one attached hydrogen (secondary N) is 1. The van der Waals surface area contributed by atoms with E-state index in [1.54, 1.807) is 11.8 Å². The topological polar surface area (TPSA) is 32.3 Å². The van der Waals surface area contributed by atoms with Gasteiger partial charge in [0, 0.05) is 6.04 Å². The fourth-order valence-corrected chi connectivity index (χ4v) is 2.12. The van der Waals surface area contributed by atoms with Crippen LogP contribution in [0.25, 0.3) is 0 Å². The maximum Gasteiger partial charge on any atom is 0.0701 e. The molecule has 1 aliphatic heterocycles. The molecule has 0 saturated carbocycles. The SMILES string of the molecule is CSCCC(O)C1CCCCN1. The largest absolute Gasteiger partial charge is 0.391 e. The minimum absolute atomic E-state index is 0.127. The molecule has 2 atom stereocenters. The van der Waals surface area contributed by atoms with E-state index >= 15 is 0 Å². The average molecular weight is 189 g/mol. The Labute approximate surface area is 79.1 Å². The van der Waals surface area contributed by atoms with Gasteiger partial charge < -0.3 is 10.4 Å². The Morgan fingerprint density at radius 2 is 2.42 bits per heavy atom. The third-order valence-electron chi connectivity index (χ3n) is 2.43. The van der Waals surface area contributed by atoms with Crippen molar-refractivity contribution in [1.82, 2.24) is 5.32 Å². The predicted octanol–water partition coefficient (Wildman–Crippen LogP) is 1.24. The van der Waals surface area contributed by atoms with E-state index in [9.17, 15) is 5.11 Å². The number of rotatable bonds is 4. The number of hydrogen-bond donors (Lipinski definition) is 2. The van der Waals surface area contributed by atoms with E-state index in [0.29, 0.717) is 6.04 Å². The molecule has 0 bridgehead atoms. The molecular formula is C9H19NOS. The first kappa shape index (κ1) is 10.4. The molecule has 0 amide bonds. The van der Waals surface area contributed by atoms with Gasteiger partial charge in [-0.3, -0.25) is 0 Å². The van der Waals surface area contributed by atoms with E-state index in [2.05, 4.69) is 11.6 Å². The summed E-state index contributed by atoms with van der Waals surface area (Å²) in [7, 11) is 0. The highest BCUT2D eigenvalue weighted by Gasteiger charge is 2.20. The highest BCUT2D eigenvalue weighted by Crippen LogP contribution is 2.13. The summed E-state index contributed by atoms with van der Waals surface area (Å²) in [6.45, 7) is 1.08. The Bertz CT molecular complexity index is 115. The summed E-state index contributed by atoms with van der Waals surface area (Å²) in [6, 6.07) is 0.367. The summed E-state index contributed by atoms with van der Waals surface area (Å²) >= 11 is 1.81. The van der Waals surface area contributed by atoms with E-state index in [1.165, 1.54) is 12.8 Å². The van der Waals surface area contributed by atoms with Gasteiger partial charge in [-0.25, -0.2) is 0 Å². The molecule has 2 unspecified atom stereocenters. The zero-order valence-corrected chi connectivity index (χ0v) is 8.57. The Morgan fingerprint density at radius 3 is 3.00 bits per heavy atom. The molecule has 12 heavy (non-hydrogen) atoms. The molecule has 0 aliphatic carbocycles. The number of hydrogen-bond acceptors (Lipinski definition) is 3. The van der Waals surface area contributed by atoms with Gasteiger partial charge in [0.05, 0.1) is 6.10 Å². The Morgan fingerprint density at radius 1 is 1.58 bits per heavy atom. The number of thioether (sulfide) groups is 1. The van der Waals surface area contributed by atoms with Crippen LogP contribution in [0.1, 0.15) is 25.7 Å². The van der Waals surface area contributed by atoms with Crippen LogP contribution in [0.2, 0.25) is 0 Å². The molecule has 1 heterocycles. The normalized spacial score (nSPS) is 27.0. The maximum atomic E-state index is 9.73. The summed E-state index contributed by atoms with van der Waals surface area (Å²) in [4.78, 5) is 0. The number of aliphatic hydroxyl groups is 1. The quantitative estimate of drug-likeness (QED) is 0.698. The fourth-order valence-electron chi connectivity index (χ4n) is 1.65. The molecule has 1 aliphatic rings. The van der Waals surface area contributed by atoms with Crippen molar-refractivity contribution in [3.05, 3.63) is 0 Å². The third kappa shape index (κ3) is 3.33. The average Bonchev–Trinajstić information content (AvgIpc) is 2.15. The molecule has 2 nitrogen and oxygen atoms in total. The monoisotopic (exact) mass is 189 g/mol. The zero-order valence-electron chi connectivity index (χ0n) is 7.75. The summed E-state index contributed by atoms with van der Waals surface area (Å²) in [5, 5.41) is 13.1. The molecule has 0 aromatic carbocycles. The van der Waals surface area contributed by atoms with Crippen LogP contribution in [0.3, 0.4) is 0 Å². The molecule has 1 fully saturated rings. The van der Waals surface area contributed by atoms with Gasteiger partial charge >= 0.3 is 0 Å². The molecule has 0 aromatic rings. The zero-order chi connectivity index (χ0) is 8.81. The molecule has 0 radical (unpaired) electrons. The first-order chi connectivity index (χ1) is 5.84. The first-order valence-electron chi connectivity index (χ1n) is 4.75. The van der Waals surface area contributed by atoms with Gasteiger partial charge in [0.2, 0.25) is 0 Å². The summed E-state index contributed by atoms with van der Waals surface area (Å²) in [5.74, 6) is 1.07. The van der Waals surface area contributed by atoms with Gasteiger partial charge in [-0.1, -0.05) is 6.42 Å². The van der Waals surface area contributed by atoms with Gasteiger partial charge in [-0.15, -0.1) is 0 Å². The molecule has 1 saturated heterocycles. The Hall–Kier alpha value is 0.270. The van der Waals surface area contributed by atoms with Gasteiger partial charge in [-0.05, 0) is 37.8 Å². The standard InChI is InChI=1S/C9H19NOS/c1-12-7-5-9(11)8-4-2-3-6-10-8/h8-11H,2-7H2,1H3. The van der Waals surface area contributed by atoms with Gasteiger partial charge in [0.25, 0.3) is 0 Å². The fraction of sp³-hybridized carbons (Fsp3) is 1.00. The second-order valence-electron chi connectivity index (χ2n) is 3.41. The highest BCUT2D eigenvalue weighted by molar-refractivity contribution is 7.98. The first-order valence-corrected chi connectivity index (χ1v) is 6.14. The smallest absolute Gasteiger partial charge is 0.0701 e. The van der Waals surface area contributed by atoms with Crippen molar-refractivity contribution in [2.24, 2.45) is 0 Å². The summed E-state index contributed by atoms with van der Waals surface area (Å²) in [5.41, 5.74) is 0. The second kappa shape index (κ2) is 5.84. The molecule has 3 heteroatoms. The van der Waals surface area contributed by atoms with Crippen LogP contribution in [0.15, 0.2) is 0 Å². The van der Waals surface area contributed by atoms with Gasteiger partial charge in [0.1, 0.15) is 0 Å². The van der Waals surface area contributed by atoms with Crippen molar-refractivity contribution in [3.63, 3.8) is 0 Å². The van der Waals surface area contributed by atoms with Crippen molar-refractivity contribution in [3.8, 4) is 0 Å². The second-order valence-corrected chi connectivity index (χ2v) is 4.39. The van der Waals surface area contributed by atoms with Crippen LogP contribution < -0.4 is 5.32 Å².